The lowest BCUT2D eigenvalue weighted by Crippen LogP contribution is -1.79. The van der Waals surface area contributed by atoms with E-state index in [0.717, 1.165) is 11.1 Å². The lowest BCUT2D eigenvalue weighted by atomic mass is 10.1. The lowest BCUT2D eigenvalue weighted by molar-refractivity contribution is 1.29. The van der Waals surface area contributed by atoms with Crippen LogP contribution in [0.3, 0.4) is 0 Å². The Hall–Kier alpha value is -1.70. The van der Waals surface area contributed by atoms with E-state index in [1.54, 1.807) is 18.6 Å². The third kappa shape index (κ3) is 1.32. The molecule has 0 fully saturated rings. The molecule has 0 saturated carbocycles. The molecule has 2 aromatic rings. The lowest BCUT2D eigenvalue weighted by Gasteiger charge is -1.96. The number of pyridine rings is 2. The smallest absolute Gasteiger partial charge is 0.0971 e. The summed E-state index contributed by atoms with van der Waals surface area (Å²) in [5, 5.41) is 0. The molecule has 0 aromatic carbocycles. The molecule has 0 saturated heterocycles. The van der Waals surface area contributed by atoms with Crippen LogP contribution in [0.1, 0.15) is 0 Å². The summed E-state index contributed by atoms with van der Waals surface area (Å²) in [5.41, 5.74) is 2.02. The Morgan fingerprint density at radius 1 is 1.08 bits per heavy atom. The highest BCUT2D eigenvalue weighted by atomic mass is 14.6. The van der Waals surface area contributed by atoms with Crippen molar-refractivity contribution in [2.75, 3.05) is 0 Å². The Kier molecular flexibility index (Phi) is 1.82. The predicted molar refractivity (Wildman–Crippen MR) is 46.3 cm³/mol. The van der Waals surface area contributed by atoms with Gasteiger partial charge in [-0.25, -0.2) is 0 Å². The molecule has 2 rings (SSSR count). The molecule has 0 aliphatic heterocycles. The van der Waals surface area contributed by atoms with Crippen molar-refractivity contribution in [1.82, 2.24) is 9.97 Å². The monoisotopic (exact) mass is 155 g/mol. The number of nitrogens with zero attached hydrogens (tertiary/aromatic N) is 2. The minimum atomic E-state index is 0.977. The second-order valence-electron chi connectivity index (χ2n) is 2.40. The average Bonchev–Trinajstić information content (AvgIpc) is 2.21. The fourth-order valence-corrected chi connectivity index (χ4v) is 1.01. The molecule has 2 heterocycles. The van der Waals surface area contributed by atoms with E-state index in [0.29, 0.717) is 0 Å². The van der Waals surface area contributed by atoms with Gasteiger partial charge in [0.1, 0.15) is 0 Å². The molecule has 0 atom stereocenters. The van der Waals surface area contributed by atoms with E-state index in [-0.39, 0.29) is 0 Å². The van der Waals surface area contributed by atoms with Crippen LogP contribution < -0.4 is 0 Å². The Balaban J connectivity index is 2.46. The molecule has 2 aromatic heterocycles. The first kappa shape index (κ1) is 6.98. The van der Waals surface area contributed by atoms with Crippen LogP contribution in [-0.4, -0.2) is 9.97 Å². The Labute approximate surface area is 70.9 Å². The molecule has 2 heteroatoms. The molecule has 57 valence electrons. The van der Waals surface area contributed by atoms with Crippen LogP contribution in [0.5, 0.6) is 0 Å². The van der Waals surface area contributed by atoms with Crippen molar-refractivity contribution in [1.29, 1.82) is 0 Å². The maximum atomic E-state index is 4.01. The van der Waals surface area contributed by atoms with Gasteiger partial charge in [0.2, 0.25) is 0 Å². The number of aromatic nitrogens is 2. The molecule has 1 radical (unpaired) electrons. The Morgan fingerprint density at radius 3 is 2.67 bits per heavy atom. The topological polar surface area (TPSA) is 25.8 Å². The molecule has 0 aliphatic carbocycles. The standard InChI is InChI=1S/C10H7N2/c1-3-9(7-11-5-1)10-4-2-6-12-8-10/h1-7H. The van der Waals surface area contributed by atoms with Gasteiger partial charge in [0.25, 0.3) is 0 Å². The van der Waals surface area contributed by atoms with Crippen molar-refractivity contribution < 1.29 is 0 Å². The first-order valence-corrected chi connectivity index (χ1v) is 3.70. The van der Waals surface area contributed by atoms with Gasteiger partial charge in [0, 0.05) is 29.7 Å². The molecular formula is C10H7N2. The third-order valence-electron chi connectivity index (χ3n) is 1.58. The minimum absolute atomic E-state index is 0.977. The Morgan fingerprint density at radius 2 is 2.00 bits per heavy atom. The van der Waals surface area contributed by atoms with Gasteiger partial charge >= 0.3 is 0 Å². The fraction of sp³-hybridized carbons (Fsp3) is 0. The summed E-state index contributed by atoms with van der Waals surface area (Å²) < 4.78 is 0. The second kappa shape index (κ2) is 3.13. The zero-order valence-corrected chi connectivity index (χ0v) is 6.44. The van der Waals surface area contributed by atoms with E-state index in [1.807, 2.05) is 24.3 Å². The first-order valence-electron chi connectivity index (χ1n) is 3.70. The molecule has 2 nitrogen and oxygen atoms in total. The van der Waals surface area contributed by atoms with Crippen molar-refractivity contribution in [3.8, 4) is 11.1 Å². The summed E-state index contributed by atoms with van der Waals surface area (Å²) >= 11 is 0. The normalized spacial score (nSPS) is 9.67. The van der Waals surface area contributed by atoms with Gasteiger partial charge < -0.3 is 0 Å². The van der Waals surface area contributed by atoms with E-state index in [9.17, 15) is 0 Å². The van der Waals surface area contributed by atoms with E-state index in [4.69, 9.17) is 0 Å². The quantitative estimate of drug-likeness (QED) is 0.629. The highest BCUT2D eigenvalue weighted by molar-refractivity contribution is 5.59. The van der Waals surface area contributed by atoms with Crippen molar-refractivity contribution in [3.05, 3.63) is 49.1 Å². The van der Waals surface area contributed by atoms with E-state index >= 15 is 0 Å². The van der Waals surface area contributed by atoms with E-state index in [1.165, 1.54) is 0 Å². The largest absolute Gasteiger partial charge is 0.264 e. The number of rotatable bonds is 1. The van der Waals surface area contributed by atoms with Crippen LogP contribution in [-0.2, 0) is 0 Å². The number of hydrogen-bond acceptors (Lipinski definition) is 2. The molecule has 0 bridgehead atoms. The zero-order valence-electron chi connectivity index (χ0n) is 6.44. The zero-order chi connectivity index (χ0) is 8.23. The van der Waals surface area contributed by atoms with Gasteiger partial charge in [-0.3, -0.25) is 9.97 Å². The van der Waals surface area contributed by atoms with E-state index in [2.05, 4.69) is 16.2 Å². The summed E-state index contributed by atoms with van der Waals surface area (Å²) in [4.78, 5) is 7.92. The fourth-order valence-electron chi connectivity index (χ4n) is 1.01. The van der Waals surface area contributed by atoms with Gasteiger partial charge in [-0.2, -0.15) is 0 Å². The van der Waals surface area contributed by atoms with Crippen LogP contribution >= 0.6 is 0 Å². The van der Waals surface area contributed by atoms with Crippen molar-refractivity contribution >= 4 is 0 Å². The van der Waals surface area contributed by atoms with Crippen molar-refractivity contribution in [3.63, 3.8) is 0 Å². The predicted octanol–water partition coefficient (Wildman–Crippen LogP) is 1.94. The van der Waals surface area contributed by atoms with Gasteiger partial charge in [0.15, 0.2) is 0 Å². The summed E-state index contributed by atoms with van der Waals surface area (Å²) in [6.07, 6.45) is 8.15. The van der Waals surface area contributed by atoms with Gasteiger partial charge in [-0.1, -0.05) is 12.1 Å². The van der Waals surface area contributed by atoms with Crippen molar-refractivity contribution in [2.45, 2.75) is 0 Å². The molecule has 0 amide bonds. The molecule has 12 heavy (non-hydrogen) atoms. The van der Waals surface area contributed by atoms with Gasteiger partial charge in [-0.05, 0) is 12.1 Å². The van der Waals surface area contributed by atoms with Crippen LogP contribution in [0.25, 0.3) is 11.1 Å². The average molecular weight is 155 g/mol. The van der Waals surface area contributed by atoms with Crippen LogP contribution in [0.2, 0.25) is 0 Å². The maximum absolute atomic E-state index is 4.01. The van der Waals surface area contributed by atoms with Crippen molar-refractivity contribution in [2.24, 2.45) is 0 Å². The SMILES string of the molecule is [c]1ncccc1-c1cccnc1. The van der Waals surface area contributed by atoms with Crippen LogP contribution in [0, 0.1) is 6.20 Å². The number of hydrogen-bond donors (Lipinski definition) is 0. The Bertz CT molecular complexity index is 305. The minimum Gasteiger partial charge on any atom is -0.264 e. The van der Waals surface area contributed by atoms with E-state index < -0.39 is 0 Å². The van der Waals surface area contributed by atoms with Crippen LogP contribution in [0.4, 0.5) is 0 Å². The molecule has 0 N–H and O–H groups in total. The highest BCUT2D eigenvalue weighted by Crippen LogP contribution is 2.14. The summed E-state index contributed by atoms with van der Waals surface area (Å²) in [7, 11) is 0. The molecule has 0 unspecified atom stereocenters. The first-order chi connectivity index (χ1) is 5.97. The highest BCUT2D eigenvalue weighted by Gasteiger charge is 1.94. The summed E-state index contributed by atoms with van der Waals surface area (Å²) in [5.74, 6) is 0. The van der Waals surface area contributed by atoms with Gasteiger partial charge in [-0.15, -0.1) is 0 Å². The summed E-state index contributed by atoms with van der Waals surface area (Å²) in [6, 6.07) is 7.74. The third-order valence-corrected chi connectivity index (χ3v) is 1.58. The van der Waals surface area contributed by atoms with Crippen LogP contribution in [0.15, 0.2) is 42.9 Å². The molecule has 0 spiro atoms. The maximum Gasteiger partial charge on any atom is 0.0971 e. The summed E-state index contributed by atoms with van der Waals surface area (Å²) in [6.45, 7) is 0. The molecular weight excluding hydrogens is 148 g/mol. The second-order valence-corrected chi connectivity index (χ2v) is 2.40. The van der Waals surface area contributed by atoms with Gasteiger partial charge in [0.05, 0.1) is 6.20 Å². The molecule has 0 aliphatic rings.